The molecule has 4 rings (SSSR count). The van der Waals surface area contributed by atoms with Crippen LogP contribution < -0.4 is 19.6 Å². The van der Waals surface area contributed by atoms with Crippen LogP contribution in [0.4, 0.5) is 0 Å². The smallest absolute Gasteiger partial charge is 0.277 e. The van der Waals surface area contributed by atoms with Gasteiger partial charge in [-0.2, -0.15) is 5.10 Å². The van der Waals surface area contributed by atoms with Crippen molar-refractivity contribution in [2.75, 3.05) is 13.2 Å². The van der Waals surface area contributed by atoms with Gasteiger partial charge in [0.2, 0.25) is 0 Å². The summed E-state index contributed by atoms with van der Waals surface area (Å²) in [5.74, 6) is 1.42. The number of hydrogen-bond donors (Lipinski definition) is 1. The highest BCUT2D eigenvalue weighted by Crippen LogP contribution is 2.29. The Balaban J connectivity index is 1.33. The summed E-state index contributed by atoms with van der Waals surface area (Å²) in [4.78, 5) is 16.5. The van der Waals surface area contributed by atoms with Gasteiger partial charge in [-0.25, -0.2) is 5.43 Å². The highest BCUT2D eigenvalue weighted by molar-refractivity contribution is 14.1. The molecule has 1 amide bonds. The average molecular weight is 581 g/mol. The van der Waals surface area contributed by atoms with Gasteiger partial charge in [0.05, 0.1) is 12.8 Å². The van der Waals surface area contributed by atoms with E-state index in [2.05, 4.69) is 38.1 Å². The molecule has 0 bridgehead atoms. The predicted octanol–water partition coefficient (Wildman–Crippen LogP) is 5.35. The zero-order valence-corrected chi connectivity index (χ0v) is 21.3. The molecule has 8 heteroatoms. The SMILES string of the molecule is CCOc1cc(/C=N/NC(=O)COc2cccc3cccnc23)ccc1OCc1ccc(I)cc1. The van der Waals surface area contributed by atoms with Crippen LogP contribution in [0.3, 0.4) is 0 Å². The minimum Gasteiger partial charge on any atom is -0.490 e. The summed E-state index contributed by atoms with van der Waals surface area (Å²) in [7, 11) is 0. The van der Waals surface area contributed by atoms with E-state index >= 15 is 0 Å². The zero-order valence-electron chi connectivity index (χ0n) is 19.1. The fourth-order valence-corrected chi connectivity index (χ4v) is 3.64. The molecule has 0 spiro atoms. The first-order valence-corrected chi connectivity index (χ1v) is 12.1. The number of carbonyl (C=O) groups is 1. The molecule has 7 nitrogen and oxygen atoms in total. The topological polar surface area (TPSA) is 82.0 Å². The van der Waals surface area contributed by atoms with Crippen LogP contribution in [0.25, 0.3) is 10.9 Å². The van der Waals surface area contributed by atoms with Crippen LogP contribution in [-0.4, -0.2) is 30.3 Å². The van der Waals surface area contributed by atoms with Gasteiger partial charge >= 0.3 is 0 Å². The minimum absolute atomic E-state index is 0.178. The number of ether oxygens (including phenoxy) is 3. The first kappa shape index (κ1) is 24.5. The molecular weight excluding hydrogens is 557 g/mol. The summed E-state index contributed by atoms with van der Waals surface area (Å²) in [5, 5.41) is 4.98. The Kier molecular flexibility index (Phi) is 8.50. The lowest BCUT2D eigenvalue weighted by molar-refractivity contribution is -0.123. The van der Waals surface area contributed by atoms with Crippen molar-refractivity contribution < 1.29 is 19.0 Å². The molecule has 0 saturated carbocycles. The van der Waals surface area contributed by atoms with Gasteiger partial charge < -0.3 is 14.2 Å². The van der Waals surface area contributed by atoms with Crippen molar-refractivity contribution in [2.24, 2.45) is 5.10 Å². The molecule has 0 unspecified atom stereocenters. The second-order valence-electron chi connectivity index (χ2n) is 7.47. The van der Waals surface area contributed by atoms with E-state index in [0.29, 0.717) is 36.0 Å². The summed E-state index contributed by atoms with van der Waals surface area (Å²) < 4.78 is 18.5. The molecule has 1 heterocycles. The van der Waals surface area contributed by atoms with Gasteiger partial charge in [-0.3, -0.25) is 9.78 Å². The number of aromatic nitrogens is 1. The summed E-state index contributed by atoms with van der Waals surface area (Å²) in [6.07, 6.45) is 3.23. The Morgan fingerprint density at radius 1 is 0.971 bits per heavy atom. The minimum atomic E-state index is -0.378. The first-order chi connectivity index (χ1) is 17.1. The third-order valence-corrected chi connectivity index (χ3v) is 5.65. The van der Waals surface area contributed by atoms with E-state index in [0.717, 1.165) is 16.5 Å². The van der Waals surface area contributed by atoms with Crippen LogP contribution in [0.1, 0.15) is 18.1 Å². The number of para-hydroxylation sites is 1. The summed E-state index contributed by atoms with van der Waals surface area (Å²) in [5.41, 5.74) is 5.02. The molecular formula is C27H24IN3O4. The molecule has 4 aromatic rings. The number of amides is 1. The van der Waals surface area contributed by atoms with Crippen molar-refractivity contribution in [1.82, 2.24) is 10.4 Å². The number of pyridine rings is 1. The van der Waals surface area contributed by atoms with Crippen molar-refractivity contribution in [1.29, 1.82) is 0 Å². The van der Waals surface area contributed by atoms with Crippen molar-refractivity contribution in [3.63, 3.8) is 0 Å². The van der Waals surface area contributed by atoms with Crippen LogP contribution in [0.5, 0.6) is 17.2 Å². The zero-order chi connectivity index (χ0) is 24.5. The molecule has 1 N–H and O–H groups in total. The Morgan fingerprint density at radius 3 is 2.63 bits per heavy atom. The van der Waals surface area contributed by atoms with Gasteiger partial charge in [0, 0.05) is 15.2 Å². The molecule has 0 aliphatic carbocycles. The molecule has 3 aromatic carbocycles. The van der Waals surface area contributed by atoms with Crippen LogP contribution in [0, 0.1) is 3.57 Å². The molecule has 0 aliphatic heterocycles. The number of hydrazone groups is 1. The highest BCUT2D eigenvalue weighted by atomic mass is 127. The number of carbonyl (C=O) groups excluding carboxylic acids is 1. The van der Waals surface area contributed by atoms with Gasteiger partial charge in [-0.1, -0.05) is 30.3 Å². The third-order valence-electron chi connectivity index (χ3n) is 4.93. The summed E-state index contributed by atoms with van der Waals surface area (Å²) in [6, 6.07) is 23.0. The lowest BCUT2D eigenvalue weighted by Gasteiger charge is -2.12. The Morgan fingerprint density at radius 2 is 1.80 bits per heavy atom. The van der Waals surface area contributed by atoms with Gasteiger partial charge in [0.25, 0.3) is 5.91 Å². The van der Waals surface area contributed by atoms with Crippen molar-refractivity contribution in [3.05, 3.63) is 93.7 Å². The monoisotopic (exact) mass is 581 g/mol. The van der Waals surface area contributed by atoms with E-state index in [9.17, 15) is 4.79 Å². The van der Waals surface area contributed by atoms with E-state index in [4.69, 9.17) is 14.2 Å². The maximum atomic E-state index is 12.2. The molecule has 0 fully saturated rings. The van der Waals surface area contributed by atoms with Crippen molar-refractivity contribution >= 4 is 45.6 Å². The van der Waals surface area contributed by atoms with Crippen molar-refractivity contribution in [3.8, 4) is 17.2 Å². The van der Waals surface area contributed by atoms with Crippen LogP contribution in [0.15, 0.2) is 84.1 Å². The normalized spacial score (nSPS) is 10.9. The van der Waals surface area contributed by atoms with Gasteiger partial charge in [-0.05, 0) is 83.1 Å². The third kappa shape index (κ3) is 6.92. The Hall–Kier alpha value is -3.66. The first-order valence-electron chi connectivity index (χ1n) is 11.0. The maximum Gasteiger partial charge on any atom is 0.277 e. The second kappa shape index (κ2) is 12.2. The summed E-state index contributed by atoms with van der Waals surface area (Å²) >= 11 is 2.27. The lowest BCUT2D eigenvalue weighted by Crippen LogP contribution is -2.24. The highest BCUT2D eigenvalue weighted by Gasteiger charge is 2.08. The van der Waals surface area contributed by atoms with Crippen LogP contribution in [0.2, 0.25) is 0 Å². The molecule has 0 atom stereocenters. The van der Waals surface area contributed by atoms with Crippen molar-refractivity contribution in [2.45, 2.75) is 13.5 Å². The van der Waals surface area contributed by atoms with E-state index in [1.54, 1.807) is 18.5 Å². The number of benzene rings is 3. The Labute approximate surface area is 217 Å². The number of rotatable bonds is 10. The van der Waals surface area contributed by atoms with E-state index < -0.39 is 0 Å². The van der Waals surface area contributed by atoms with E-state index in [1.165, 1.54) is 3.57 Å². The number of nitrogens with zero attached hydrogens (tertiary/aromatic N) is 2. The van der Waals surface area contributed by atoms with Gasteiger partial charge in [0.15, 0.2) is 18.1 Å². The lowest BCUT2D eigenvalue weighted by atomic mass is 10.2. The summed E-state index contributed by atoms with van der Waals surface area (Å²) in [6.45, 7) is 2.67. The van der Waals surface area contributed by atoms with E-state index in [-0.39, 0.29) is 12.5 Å². The van der Waals surface area contributed by atoms with Gasteiger partial charge in [-0.15, -0.1) is 0 Å². The quantitative estimate of drug-likeness (QED) is 0.155. The molecule has 0 radical (unpaired) electrons. The largest absolute Gasteiger partial charge is 0.490 e. The van der Waals surface area contributed by atoms with Crippen LogP contribution >= 0.6 is 22.6 Å². The number of nitrogens with one attached hydrogen (secondary N) is 1. The van der Waals surface area contributed by atoms with E-state index in [1.807, 2.05) is 73.7 Å². The molecule has 1 aromatic heterocycles. The van der Waals surface area contributed by atoms with Gasteiger partial charge in [0.1, 0.15) is 17.9 Å². The fourth-order valence-electron chi connectivity index (χ4n) is 3.28. The molecule has 0 aliphatic rings. The second-order valence-corrected chi connectivity index (χ2v) is 8.71. The molecule has 178 valence electrons. The number of hydrogen-bond acceptors (Lipinski definition) is 6. The standard InChI is InChI=1S/C27H24IN3O4/c1-2-33-25-15-20(10-13-23(25)34-17-19-8-11-22(28)12-9-19)16-30-31-26(32)18-35-24-7-3-5-21-6-4-14-29-27(21)24/h3-16H,2,17-18H2,1H3,(H,31,32)/b30-16+. The molecule has 0 saturated heterocycles. The molecule has 35 heavy (non-hydrogen) atoms. The predicted molar refractivity (Wildman–Crippen MR) is 144 cm³/mol. The maximum absolute atomic E-state index is 12.2. The fraction of sp³-hybridized carbons (Fsp3) is 0.148. The Bertz CT molecular complexity index is 1320. The average Bonchev–Trinajstić information content (AvgIpc) is 2.88. The number of fused-ring (bicyclic) bond motifs is 1. The number of halogens is 1. The van der Waals surface area contributed by atoms with Crippen LogP contribution in [-0.2, 0) is 11.4 Å².